The highest BCUT2D eigenvalue weighted by molar-refractivity contribution is 7.89. The summed E-state index contributed by atoms with van der Waals surface area (Å²) in [5, 5.41) is 3.98. The van der Waals surface area contributed by atoms with E-state index in [0.717, 1.165) is 10.9 Å². The molecule has 0 amide bonds. The molecule has 1 aromatic carbocycles. The van der Waals surface area contributed by atoms with E-state index in [1.165, 1.54) is 32.6 Å². The van der Waals surface area contributed by atoms with Crippen molar-refractivity contribution in [3.63, 3.8) is 0 Å². The molecule has 0 aliphatic rings. The monoisotopic (exact) mass is 347 g/mol. The van der Waals surface area contributed by atoms with Crippen molar-refractivity contribution >= 4 is 32.6 Å². The lowest BCUT2D eigenvalue weighted by molar-refractivity contribution is 0.416. The Balaban J connectivity index is 2.11. The topological polar surface area (TPSA) is 109 Å². The minimum absolute atomic E-state index is 0.129. The van der Waals surface area contributed by atoms with E-state index in [1.807, 2.05) is 13.1 Å². The van der Waals surface area contributed by atoms with E-state index in [2.05, 4.69) is 25.0 Å². The lowest BCUT2D eigenvalue weighted by Crippen LogP contribution is -2.18. The minimum atomic E-state index is -3.56. The van der Waals surface area contributed by atoms with Crippen molar-refractivity contribution in [1.82, 2.24) is 19.7 Å². The zero-order chi connectivity index (χ0) is 17.3. The van der Waals surface area contributed by atoms with E-state index >= 15 is 0 Å². The average molecular weight is 347 g/mol. The number of sulfonamides is 1. The zero-order valence-electron chi connectivity index (χ0n) is 13.4. The number of anilines is 2. The van der Waals surface area contributed by atoms with Crippen LogP contribution in [-0.4, -0.2) is 37.5 Å². The number of rotatable bonds is 5. The summed E-state index contributed by atoms with van der Waals surface area (Å²) < 4.78 is 31.6. The molecule has 3 rings (SSSR count). The molecule has 0 aliphatic carbocycles. The summed E-state index contributed by atoms with van der Waals surface area (Å²) in [6.07, 6.45) is 3.27. The van der Waals surface area contributed by atoms with Gasteiger partial charge >= 0.3 is 0 Å². The van der Waals surface area contributed by atoms with Gasteiger partial charge in [0.25, 0.3) is 0 Å². The van der Waals surface area contributed by atoms with Crippen LogP contribution in [0.25, 0.3) is 11.0 Å². The summed E-state index contributed by atoms with van der Waals surface area (Å²) in [7, 11) is -0.680. The van der Waals surface area contributed by atoms with E-state index in [1.54, 1.807) is 6.07 Å². The molecular weight excluding hydrogens is 330 g/mol. The van der Waals surface area contributed by atoms with Crippen LogP contribution in [0.1, 0.15) is 5.56 Å². The standard InChI is InChI=1S/C15H17N5O3S/c1-9-7-17-14-13(9)15(19-8-18-14)20-11-6-10(24(21,22)16-2)4-5-12(11)23-3/h4-8,16H,1-3H3,(H2,17,18,19,20). The van der Waals surface area contributed by atoms with Crippen LogP contribution in [0.4, 0.5) is 11.5 Å². The van der Waals surface area contributed by atoms with Gasteiger partial charge in [0.1, 0.15) is 23.5 Å². The zero-order valence-corrected chi connectivity index (χ0v) is 14.2. The van der Waals surface area contributed by atoms with Crippen LogP contribution in [0.2, 0.25) is 0 Å². The number of hydrogen-bond donors (Lipinski definition) is 3. The van der Waals surface area contributed by atoms with Crippen molar-refractivity contribution < 1.29 is 13.2 Å². The smallest absolute Gasteiger partial charge is 0.240 e. The third kappa shape index (κ3) is 2.79. The number of benzene rings is 1. The Morgan fingerprint density at radius 2 is 2.04 bits per heavy atom. The summed E-state index contributed by atoms with van der Waals surface area (Å²) in [6, 6.07) is 4.57. The third-order valence-corrected chi connectivity index (χ3v) is 5.08. The van der Waals surface area contributed by atoms with Gasteiger partial charge in [0, 0.05) is 6.20 Å². The highest BCUT2D eigenvalue weighted by Gasteiger charge is 2.16. The van der Waals surface area contributed by atoms with Crippen LogP contribution in [0.3, 0.4) is 0 Å². The Kier molecular flexibility index (Phi) is 4.12. The summed E-state index contributed by atoms with van der Waals surface area (Å²) in [6.45, 7) is 1.94. The molecule has 0 aliphatic heterocycles. The number of H-pyrrole nitrogens is 1. The molecule has 8 nitrogen and oxygen atoms in total. The van der Waals surface area contributed by atoms with Crippen LogP contribution >= 0.6 is 0 Å². The number of nitrogens with zero attached hydrogens (tertiary/aromatic N) is 2. The highest BCUT2D eigenvalue weighted by Crippen LogP contribution is 2.32. The molecule has 0 atom stereocenters. The quantitative estimate of drug-likeness (QED) is 0.651. The fourth-order valence-corrected chi connectivity index (χ4v) is 3.17. The first-order valence-corrected chi connectivity index (χ1v) is 8.62. The predicted octanol–water partition coefficient (Wildman–Crippen LogP) is 1.93. The van der Waals surface area contributed by atoms with Gasteiger partial charge in [-0.1, -0.05) is 0 Å². The largest absolute Gasteiger partial charge is 0.495 e. The number of aromatic nitrogens is 3. The Labute approximate surface area is 139 Å². The molecule has 2 aromatic heterocycles. The number of hydrogen-bond acceptors (Lipinski definition) is 6. The SMILES string of the molecule is CNS(=O)(=O)c1ccc(OC)c(Nc2ncnc3[nH]cc(C)c23)c1. The van der Waals surface area contributed by atoms with E-state index < -0.39 is 10.0 Å². The molecule has 0 saturated carbocycles. The summed E-state index contributed by atoms with van der Waals surface area (Å²) in [4.78, 5) is 11.6. The van der Waals surface area contributed by atoms with E-state index in [9.17, 15) is 8.42 Å². The molecule has 0 spiro atoms. The van der Waals surface area contributed by atoms with Gasteiger partial charge < -0.3 is 15.0 Å². The molecule has 9 heteroatoms. The lowest BCUT2D eigenvalue weighted by Gasteiger charge is -2.13. The van der Waals surface area contributed by atoms with Crippen molar-refractivity contribution in [2.75, 3.05) is 19.5 Å². The molecule has 24 heavy (non-hydrogen) atoms. The van der Waals surface area contributed by atoms with E-state index in [4.69, 9.17) is 4.74 Å². The summed E-state index contributed by atoms with van der Waals surface area (Å²) >= 11 is 0. The molecule has 0 unspecified atom stereocenters. The molecule has 0 saturated heterocycles. The van der Waals surface area contributed by atoms with Crippen LogP contribution in [0, 0.1) is 6.92 Å². The highest BCUT2D eigenvalue weighted by atomic mass is 32.2. The number of nitrogens with one attached hydrogen (secondary N) is 3. The van der Waals surface area contributed by atoms with Gasteiger partial charge in [-0.25, -0.2) is 23.1 Å². The fraction of sp³-hybridized carbons (Fsp3) is 0.200. The van der Waals surface area contributed by atoms with Gasteiger partial charge in [0.2, 0.25) is 10.0 Å². The van der Waals surface area contributed by atoms with Gasteiger partial charge in [-0.2, -0.15) is 0 Å². The predicted molar refractivity (Wildman–Crippen MR) is 91.1 cm³/mol. The van der Waals surface area contributed by atoms with Crippen molar-refractivity contribution in [3.05, 3.63) is 36.3 Å². The average Bonchev–Trinajstić information content (AvgIpc) is 2.97. The van der Waals surface area contributed by atoms with Gasteiger partial charge in [-0.3, -0.25) is 0 Å². The van der Waals surface area contributed by atoms with Crippen LogP contribution < -0.4 is 14.8 Å². The normalized spacial score (nSPS) is 11.6. The molecule has 0 fully saturated rings. The molecule has 0 radical (unpaired) electrons. The number of methoxy groups -OCH3 is 1. The Morgan fingerprint density at radius 3 is 2.75 bits per heavy atom. The molecule has 3 aromatic rings. The maximum absolute atomic E-state index is 12.0. The molecule has 0 bridgehead atoms. The van der Waals surface area contributed by atoms with Crippen molar-refractivity contribution in [2.24, 2.45) is 0 Å². The van der Waals surface area contributed by atoms with Gasteiger partial charge in [0.15, 0.2) is 0 Å². The molecular formula is C15H17N5O3S. The van der Waals surface area contributed by atoms with E-state index in [0.29, 0.717) is 22.9 Å². The molecule has 3 N–H and O–H groups in total. The van der Waals surface area contributed by atoms with Gasteiger partial charge in [-0.15, -0.1) is 0 Å². The second kappa shape index (κ2) is 6.10. The van der Waals surface area contributed by atoms with Crippen molar-refractivity contribution in [2.45, 2.75) is 11.8 Å². The number of aromatic amines is 1. The summed E-state index contributed by atoms with van der Waals surface area (Å²) in [5.41, 5.74) is 2.17. The first kappa shape index (κ1) is 16.2. The second-order valence-electron chi connectivity index (χ2n) is 5.11. The van der Waals surface area contributed by atoms with Gasteiger partial charge in [-0.05, 0) is 37.7 Å². The number of ether oxygens (including phenoxy) is 1. The van der Waals surface area contributed by atoms with Crippen molar-refractivity contribution in [1.29, 1.82) is 0 Å². The minimum Gasteiger partial charge on any atom is -0.495 e. The van der Waals surface area contributed by atoms with Crippen molar-refractivity contribution in [3.8, 4) is 5.75 Å². The lowest BCUT2D eigenvalue weighted by atomic mass is 10.2. The Hall–Kier alpha value is -2.65. The second-order valence-corrected chi connectivity index (χ2v) is 7.00. The van der Waals surface area contributed by atoms with Crippen LogP contribution in [0.15, 0.2) is 35.6 Å². The molecule has 2 heterocycles. The maximum atomic E-state index is 12.0. The van der Waals surface area contributed by atoms with Crippen LogP contribution in [-0.2, 0) is 10.0 Å². The molecule has 126 valence electrons. The first-order chi connectivity index (χ1) is 11.5. The van der Waals surface area contributed by atoms with Gasteiger partial charge in [0.05, 0.1) is 23.1 Å². The number of aryl methyl sites for hydroxylation is 1. The first-order valence-electron chi connectivity index (χ1n) is 7.13. The van der Waals surface area contributed by atoms with E-state index in [-0.39, 0.29) is 4.90 Å². The van der Waals surface area contributed by atoms with Crippen LogP contribution in [0.5, 0.6) is 5.75 Å². The summed E-state index contributed by atoms with van der Waals surface area (Å²) in [5.74, 6) is 1.07. The maximum Gasteiger partial charge on any atom is 0.240 e. The fourth-order valence-electron chi connectivity index (χ4n) is 2.41. The number of fused-ring (bicyclic) bond motifs is 1. The Bertz CT molecular complexity index is 998. The Morgan fingerprint density at radius 1 is 1.25 bits per heavy atom. The third-order valence-electron chi connectivity index (χ3n) is 3.67.